The molecule has 4 rings (SSSR count). The Hall–Kier alpha value is -3.89. The van der Waals surface area contributed by atoms with Gasteiger partial charge in [-0.15, -0.1) is 0 Å². The Morgan fingerprint density at radius 1 is 0.870 bits per heavy atom. The number of nitrogens with one attached hydrogen (secondary N) is 3. The zero-order chi connectivity index (χ0) is 39.8. The van der Waals surface area contributed by atoms with E-state index >= 15 is 4.39 Å². The molecule has 2 saturated heterocycles. The van der Waals surface area contributed by atoms with Gasteiger partial charge in [0.05, 0.1) is 18.8 Å². The number of para-hydroxylation sites is 2. The van der Waals surface area contributed by atoms with Gasteiger partial charge in [0.1, 0.15) is 35.8 Å². The number of benzene rings is 2. The van der Waals surface area contributed by atoms with Crippen LogP contribution < -0.4 is 24.5 Å². The summed E-state index contributed by atoms with van der Waals surface area (Å²) >= 11 is 0. The van der Waals surface area contributed by atoms with Gasteiger partial charge in [-0.2, -0.15) is 10.2 Å². The third-order valence-corrected chi connectivity index (χ3v) is 11.1. The molecule has 8 atom stereocenters. The highest BCUT2D eigenvalue weighted by Gasteiger charge is 2.61. The number of carbonyl (C=O) groups excluding carboxylic acids is 4. The smallest absolute Gasteiger partial charge is 0.459 e. The summed E-state index contributed by atoms with van der Waals surface area (Å²) in [5.74, 6) is -2.10. The van der Waals surface area contributed by atoms with Crippen molar-refractivity contribution in [2.45, 2.75) is 103 Å². The summed E-state index contributed by atoms with van der Waals surface area (Å²) in [4.78, 5) is 51.3. The first-order valence-corrected chi connectivity index (χ1v) is 20.3. The molecule has 0 saturated carbocycles. The van der Waals surface area contributed by atoms with Gasteiger partial charge in [0.2, 0.25) is 5.91 Å². The molecule has 20 heteroatoms. The predicted octanol–water partition coefficient (Wildman–Crippen LogP) is 5.02. The first-order valence-electron chi connectivity index (χ1n) is 17.2. The molecule has 3 amide bonds. The van der Waals surface area contributed by atoms with Crippen molar-refractivity contribution >= 4 is 39.4 Å². The zero-order valence-electron chi connectivity index (χ0n) is 31.0. The van der Waals surface area contributed by atoms with E-state index in [1.54, 1.807) is 64.1 Å². The number of halogens is 1. The highest BCUT2D eigenvalue weighted by molar-refractivity contribution is 7.52. The maximum atomic E-state index is 17.3. The number of hydrogen-bond donors (Lipinski definition) is 3. The number of esters is 2. The number of nitrogens with zero attached hydrogens (tertiary/aromatic N) is 1. The van der Waals surface area contributed by atoms with E-state index in [2.05, 4.69) is 15.5 Å². The Morgan fingerprint density at radius 3 is 1.83 bits per heavy atom. The first-order chi connectivity index (χ1) is 25.3. The van der Waals surface area contributed by atoms with Gasteiger partial charge >= 0.3 is 33.5 Å². The lowest BCUT2D eigenvalue weighted by atomic mass is 9.97. The van der Waals surface area contributed by atoms with Crippen LogP contribution in [0, 0.1) is 0 Å². The Morgan fingerprint density at radius 2 is 1.35 bits per heavy atom. The Labute approximate surface area is 313 Å². The summed E-state index contributed by atoms with van der Waals surface area (Å²) < 4.78 is 85.9. The number of imide groups is 1. The van der Waals surface area contributed by atoms with Crippen LogP contribution >= 0.6 is 15.5 Å². The fourth-order valence-electron chi connectivity index (χ4n) is 5.33. The molecule has 0 spiro atoms. The van der Waals surface area contributed by atoms with Crippen molar-refractivity contribution in [1.29, 1.82) is 0 Å². The van der Waals surface area contributed by atoms with Crippen molar-refractivity contribution in [2.75, 3.05) is 13.2 Å². The number of alkyl halides is 1. The largest absolute Gasteiger partial charge is 0.462 e. The molecule has 0 unspecified atom stereocenters. The van der Waals surface area contributed by atoms with Crippen molar-refractivity contribution in [3.8, 4) is 11.5 Å². The van der Waals surface area contributed by atoms with Crippen molar-refractivity contribution in [3.63, 3.8) is 0 Å². The van der Waals surface area contributed by atoms with E-state index in [1.165, 1.54) is 38.1 Å². The van der Waals surface area contributed by atoms with Crippen LogP contribution in [0.1, 0.15) is 54.9 Å². The van der Waals surface area contributed by atoms with Gasteiger partial charge < -0.3 is 23.3 Å². The second-order valence-corrected chi connectivity index (χ2v) is 16.6. The number of ether oxygens (including phenoxy) is 3. The first kappa shape index (κ1) is 42.8. The van der Waals surface area contributed by atoms with Crippen molar-refractivity contribution in [2.24, 2.45) is 0 Å². The number of carbonyl (C=O) groups is 4. The lowest BCUT2D eigenvalue weighted by Gasteiger charge is -2.37. The van der Waals surface area contributed by atoms with Crippen LogP contribution in [0.3, 0.4) is 0 Å². The summed E-state index contributed by atoms with van der Waals surface area (Å²) in [6.07, 6.45) is -6.57. The topological polar surface area (TPSA) is 206 Å². The number of hydrogen-bond acceptors (Lipinski definition) is 13. The molecule has 2 aromatic carbocycles. The molecule has 0 radical (unpaired) electrons. The van der Waals surface area contributed by atoms with Gasteiger partial charge in [-0.1, -0.05) is 36.4 Å². The average molecular weight is 801 g/mol. The van der Waals surface area contributed by atoms with Crippen LogP contribution in [-0.4, -0.2) is 90.3 Å². The van der Waals surface area contributed by atoms with Gasteiger partial charge in [-0.05, 0) is 72.7 Å². The standard InChI is InChI=1S/C34H47FN4O13P2/c1-21(2)47-30(41)23(5)37-53(44,50-25-14-10-8-11-15-25)46-20-27-29(34(7,35)32(49-27)39-19-18-28(40)36-33(39)43)52-54(45,51-26-16-12-9-13-17-26)38-24(6)31(42)48-22(3)4/h8-17,21-24,27,29,32H,18-20H2,1-7H3,(H,37,44)(H,38,45)(H,36,40,43)/t23-,24-,27+,29+,32+,34+,53-,54+/m0/s1. The van der Waals surface area contributed by atoms with Crippen LogP contribution in [0.25, 0.3) is 0 Å². The third kappa shape index (κ3) is 11.6. The van der Waals surface area contributed by atoms with Crippen LogP contribution in [0.5, 0.6) is 11.5 Å². The molecule has 3 N–H and O–H groups in total. The molecule has 298 valence electrons. The van der Waals surface area contributed by atoms with E-state index < -0.39 is 94.4 Å². The number of amides is 3. The molecule has 0 aliphatic carbocycles. The predicted molar refractivity (Wildman–Crippen MR) is 191 cm³/mol. The number of urea groups is 1. The maximum absolute atomic E-state index is 17.3. The summed E-state index contributed by atoms with van der Waals surface area (Å²) in [6, 6.07) is 12.0. The fraction of sp³-hybridized carbons (Fsp3) is 0.529. The van der Waals surface area contributed by atoms with E-state index in [4.69, 9.17) is 32.3 Å². The van der Waals surface area contributed by atoms with Crippen molar-refractivity contribution < 1.29 is 65.0 Å². The minimum Gasteiger partial charge on any atom is -0.462 e. The monoisotopic (exact) mass is 800 g/mol. The van der Waals surface area contributed by atoms with Crippen molar-refractivity contribution in [1.82, 2.24) is 20.4 Å². The molecule has 2 aliphatic heterocycles. The van der Waals surface area contributed by atoms with Crippen LogP contribution in [0.2, 0.25) is 0 Å². The minimum absolute atomic E-state index is 0.0164. The quantitative estimate of drug-likeness (QED) is 0.134. The van der Waals surface area contributed by atoms with Gasteiger partial charge in [0.25, 0.3) is 0 Å². The van der Waals surface area contributed by atoms with E-state index in [0.717, 1.165) is 11.8 Å². The normalized spacial score (nSPS) is 24.9. The van der Waals surface area contributed by atoms with Crippen LogP contribution in [0.15, 0.2) is 60.7 Å². The zero-order valence-corrected chi connectivity index (χ0v) is 32.8. The van der Waals surface area contributed by atoms with Gasteiger partial charge in [0, 0.05) is 13.0 Å². The van der Waals surface area contributed by atoms with Crippen molar-refractivity contribution in [3.05, 3.63) is 60.7 Å². The Bertz CT molecular complexity index is 1720. The molecule has 54 heavy (non-hydrogen) atoms. The molecule has 17 nitrogen and oxygen atoms in total. The van der Waals surface area contributed by atoms with Crippen LogP contribution in [0.4, 0.5) is 9.18 Å². The van der Waals surface area contributed by atoms with E-state index in [9.17, 15) is 28.3 Å². The van der Waals surface area contributed by atoms with Gasteiger partial charge in [-0.25, -0.2) is 18.3 Å². The number of rotatable bonds is 18. The molecule has 0 aromatic heterocycles. The highest BCUT2D eigenvalue weighted by atomic mass is 31.2. The highest BCUT2D eigenvalue weighted by Crippen LogP contribution is 2.53. The molecular formula is C34H47FN4O13P2. The molecule has 2 fully saturated rings. The summed E-state index contributed by atoms with van der Waals surface area (Å²) in [5.41, 5.74) is -2.74. The van der Waals surface area contributed by atoms with E-state index in [-0.39, 0.29) is 24.5 Å². The summed E-state index contributed by atoms with van der Waals surface area (Å²) in [5, 5.41) is 7.12. The second-order valence-electron chi connectivity index (χ2n) is 13.3. The molecular weight excluding hydrogens is 753 g/mol. The molecule has 0 bridgehead atoms. The summed E-state index contributed by atoms with van der Waals surface area (Å²) in [6.45, 7) is 9.14. The third-order valence-electron chi connectivity index (χ3n) is 7.76. The van der Waals surface area contributed by atoms with E-state index in [0.29, 0.717) is 0 Å². The maximum Gasteiger partial charge on any atom is 0.459 e. The molecule has 2 aromatic rings. The van der Waals surface area contributed by atoms with Gasteiger partial charge in [0.15, 0.2) is 11.9 Å². The second kappa shape index (κ2) is 18.2. The summed E-state index contributed by atoms with van der Waals surface area (Å²) in [7, 11) is -9.36. The lowest BCUT2D eigenvalue weighted by molar-refractivity contribution is -0.150. The Balaban J connectivity index is 1.71. The van der Waals surface area contributed by atoms with E-state index in [1.807, 2.05) is 0 Å². The minimum atomic E-state index is -4.80. The fourth-order valence-corrected chi connectivity index (χ4v) is 8.61. The molecule has 2 aliphatic rings. The van der Waals surface area contributed by atoms with Crippen LogP contribution in [-0.2, 0) is 46.8 Å². The van der Waals surface area contributed by atoms with Gasteiger partial charge in [-0.3, -0.25) is 33.6 Å². The average Bonchev–Trinajstić information content (AvgIpc) is 3.32. The SMILES string of the molecule is CC(C)OC(=O)[C@H](C)N[P@@](=O)(Oc1ccccc1)O[C@@H]1[C@@H](CO[P@@](=O)(N[C@@H](C)C(=O)OC(C)C)Oc2ccccc2)O[C@@H](N2CCC(=O)NC2=O)[C@]1(C)F. The lowest BCUT2D eigenvalue weighted by Crippen LogP contribution is -2.59. The Kier molecular flexibility index (Phi) is 14.4. The molecule has 2 heterocycles.